The van der Waals surface area contributed by atoms with Crippen LogP contribution in [0, 0.1) is 18.8 Å². The number of aryl methyl sites for hydroxylation is 1. The van der Waals surface area contributed by atoms with Gasteiger partial charge in [-0.05, 0) is 36.2 Å². The Balaban J connectivity index is 2.28. The number of aromatic nitrogens is 2. The summed E-state index contributed by atoms with van der Waals surface area (Å²) in [6.45, 7) is 2.22. The first kappa shape index (κ1) is 13.2. The van der Waals surface area contributed by atoms with Crippen molar-refractivity contribution < 1.29 is 4.79 Å². The number of amides is 1. The van der Waals surface area contributed by atoms with Gasteiger partial charge in [0.05, 0.1) is 12.2 Å². The molecule has 1 aromatic heterocycles. The van der Waals surface area contributed by atoms with E-state index in [9.17, 15) is 4.79 Å². The molecule has 0 unspecified atom stereocenters. The Morgan fingerprint density at radius 2 is 2.37 bits per heavy atom. The van der Waals surface area contributed by atoms with Crippen LogP contribution < -0.4 is 11.1 Å². The van der Waals surface area contributed by atoms with E-state index in [0.29, 0.717) is 11.4 Å². The minimum Gasteiger partial charge on any atom is -0.320 e. The van der Waals surface area contributed by atoms with Crippen molar-refractivity contribution in [3.8, 4) is 11.8 Å². The van der Waals surface area contributed by atoms with Crippen molar-refractivity contribution >= 4 is 23.1 Å². The summed E-state index contributed by atoms with van der Waals surface area (Å²) in [5, 5.41) is 8.11. The molecule has 19 heavy (non-hydrogen) atoms. The highest BCUT2D eigenvalue weighted by Gasteiger charge is 2.11. The summed E-state index contributed by atoms with van der Waals surface area (Å²) < 4.78 is 3.66. The molecule has 0 aliphatic carbocycles. The largest absolute Gasteiger partial charge is 0.320 e. The molecule has 96 valence electrons. The maximum atomic E-state index is 11.9. The first-order chi connectivity index (χ1) is 9.20. The second-order valence-electron chi connectivity index (χ2n) is 3.80. The van der Waals surface area contributed by atoms with E-state index in [0.717, 1.165) is 22.7 Å². The molecule has 0 bridgehead atoms. The molecule has 0 spiro atoms. The molecule has 1 aromatic carbocycles. The molecule has 2 aromatic rings. The molecule has 5 nitrogen and oxygen atoms in total. The molecule has 0 radical (unpaired) electrons. The Hall–Kier alpha value is -2.23. The van der Waals surface area contributed by atoms with Crippen LogP contribution in [0.25, 0.3) is 0 Å². The zero-order valence-corrected chi connectivity index (χ0v) is 11.1. The Kier molecular flexibility index (Phi) is 4.23. The highest BCUT2D eigenvalue weighted by atomic mass is 32.1. The van der Waals surface area contributed by atoms with Crippen molar-refractivity contribution in [2.75, 3.05) is 11.9 Å². The Morgan fingerprint density at radius 3 is 3.05 bits per heavy atom. The van der Waals surface area contributed by atoms with Gasteiger partial charge in [0.1, 0.15) is 0 Å². The number of anilines is 1. The van der Waals surface area contributed by atoms with E-state index in [-0.39, 0.29) is 12.5 Å². The quantitative estimate of drug-likeness (QED) is 0.810. The molecule has 0 saturated carbocycles. The summed E-state index contributed by atoms with van der Waals surface area (Å²) in [6, 6.07) is 5.64. The summed E-state index contributed by atoms with van der Waals surface area (Å²) in [7, 11) is 0. The van der Waals surface area contributed by atoms with Gasteiger partial charge in [0.2, 0.25) is 0 Å². The van der Waals surface area contributed by atoms with Gasteiger partial charge in [0.25, 0.3) is 5.91 Å². The third-order valence-electron chi connectivity index (χ3n) is 2.34. The van der Waals surface area contributed by atoms with Crippen LogP contribution in [-0.2, 0) is 0 Å². The van der Waals surface area contributed by atoms with Gasteiger partial charge < -0.3 is 11.1 Å². The lowest BCUT2D eigenvalue weighted by molar-refractivity contribution is 0.102. The van der Waals surface area contributed by atoms with E-state index in [1.807, 2.05) is 25.1 Å². The normalized spacial score (nSPS) is 9.58. The predicted octanol–water partition coefficient (Wildman–Crippen LogP) is 1.41. The van der Waals surface area contributed by atoms with E-state index in [1.165, 1.54) is 0 Å². The van der Waals surface area contributed by atoms with Crippen molar-refractivity contribution in [1.29, 1.82) is 0 Å². The first-order valence-electron chi connectivity index (χ1n) is 5.58. The summed E-state index contributed by atoms with van der Waals surface area (Å²) in [5.41, 5.74) is 8.07. The third-order valence-corrected chi connectivity index (χ3v) is 2.85. The molecule has 6 heteroatoms. The predicted molar refractivity (Wildman–Crippen MR) is 75.0 cm³/mol. The smallest absolute Gasteiger partial charge is 0.277 e. The fourth-order valence-electron chi connectivity index (χ4n) is 1.47. The monoisotopic (exact) mass is 272 g/mol. The zero-order valence-electron chi connectivity index (χ0n) is 10.3. The molecular weight excluding hydrogens is 260 g/mol. The number of hydrogen-bond acceptors (Lipinski definition) is 5. The molecular formula is C13H12N4OS. The molecule has 0 aliphatic heterocycles. The minimum absolute atomic E-state index is 0.275. The lowest BCUT2D eigenvalue weighted by Crippen LogP contribution is -2.13. The molecule has 0 saturated heterocycles. The van der Waals surface area contributed by atoms with Gasteiger partial charge >= 0.3 is 0 Å². The topological polar surface area (TPSA) is 80.9 Å². The lowest BCUT2D eigenvalue weighted by Gasteiger charge is -2.07. The summed E-state index contributed by atoms with van der Waals surface area (Å²) >= 11 is 1.13. The fraction of sp³-hybridized carbons (Fsp3) is 0.154. The molecule has 1 heterocycles. The number of carbonyl (C=O) groups excluding carboxylic acids is 1. The van der Waals surface area contributed by atoms with Crippen LogP contribution in [0.15, 0.2) is 23.6 Å². The van der Waals surface area contributed by atoms with Gasteiger partial charge in [-0.2, -0.15) is 0 Å². The van der Waals surface area contributed by atoms with Crippen LogP contribution >= 0.6 is 11.5 Å². The molecule has 1 amide bonds. The summed E-state index contributed by atoms with van der Waals surface area (Å²) in [6.07, 6.45) is 0. The van der Waals surface area contributed by atoms with Crippen LogP contribution in [0.3, 0.4) is 0 Å². The zero-order chi connectivity index (χ0) is 13.7. The third kappa shape index (κ3) is 3.37. The molecule has 3 N–H and O–H groups in total. The van der Waals surface area contributed by atoms with E-state index in [2.05, 4.69) is 26.7 Å². The van der Waals surface area contributed by atoms with Gasteiger partial charge in [-0.25, -0.2) is 0 Å². The molecule has 2 rings (SSSR count). The maximum absolute atomic E-state index is 11.9. The highest BCUT2D eigenvalue weighted by molar-refractivity contribution is 7.03. The number of nitrogens with zero attached hydrogens (tertiary/aromatic N) is 2. The Labute approximate surface area is 115 Å². The highest BCUT2D eigenvalue weighted by Crippen LogP contribution is 2.17. The van der Waals surface area contributed by atoms with Gasteiger partial charge in [-0.15, -0.1) is 5.10 Å². The van der Waals surface area contributed by atoms with Crippen molar-refractivity contribution in [3.05, 3.63) is 40.4 Å². The number of rotatable bonds is 2. The summed E-state index contributed by atoms with van der Waals surface area (Å²) in [5.74, 6) is 5.40. The molecule has 0 fully saturated rings. The van der Waals surface area contributed by atoms with E-state index in [1.54, 1.807) is 5.38 Å². The van der Waals surface area contributed by atoms with Crippen LogP contribution in [0.1, 0.15) is 21.6 Å². The van der Waals surface area contributed by atoms with Gasteiger partial charge in [0, 0.05) is 10.9 Å². The lowest BCUT2D eigenvalue weighted by atomic mass is 10.1. The van der Waals surface area contributed by atoms with Crippen LogP contribution in [0.5, 0.6) is 0 Å². The number of nitrogens with two attached hydrogens (primary N) is 1. The minimum atomic E-state index is -0.296. The number of carbonyl (C=O) groups is 1. The number of hydrogen-bond donors (Lipinski definition) is 2. The number of benzene rings is 1. The summed E-state index contributed by atoms with van der Waals surface area (Å²) in [4.78, 5) is 11.9. The van der Waals surface area contributed by atoms with E-state index < -0.39 is 0 Å². The van der Waals surface area contributed by atoms with Gasteiger partial charge in [-0.1, -0.05) is 22.4 Å². The second-order valence-corrected chi connectivity index (χ2v) is 4.41. The molecule has 0 atom stereocenters. The molecule has 0 aliphatic rings. The Morgan fingerprint density at radius 1 is 1.53 bits per heavy atom. The van der Waals surface area contributed by atoms with E-state index in [4.69, 9.17) is 5.73 Å². The van der Waals surface area contributed by atoms with Crippen molar-refractivity contribution in [2.45, 2.75) is 6.92 Å². The van der Waals surface area contributed by atoms with Crippen molar-refractivity contribution in [1.82, 2.24) is 9.59 Å². The fourth-order valence-corrected chi connectivity index (χ4v) is 1.90. The van der Waals surface area contributed by atoms with E-state index >= 15 is 0 Å². The Bertz CT molecular complexity index is 640. The van der Waals surface area contributed by atoms with Crippen LogP contribution in [0.4, 0.5) is 5.69 Å². The van der Waals surface area contributed by atoms with Gasteiger partial charge in [-0.3, -0.25) is 4.79 Å². The number of nitrogens with one attached hydrogen (secondary N) is 1. The van der Waals surface area contributed by atoms with Crippen LogP contribution in [-0.4, -0.2) is 22.0 Å². The van der Waals surface area contributed by atoms with Crippen LogP contribution in [0.2, 0.25) is 0 Å². The average molecular weight is 272 g/mol. The van der Waals surface area contributed by atoms with Crippen molar-refractivity contribution in [2.24, 2.45) is 5.73 Å². The second kappa shape index (κ2) is 6.09. The van der Waals surface area contributed by atoms with Crippen molar-refractivity contribution in [3.63, 3.8) is 0 Å². The first-order valence-corrected chi connectivity index (χ1v) is 6.42. The standard InChI is InChI=1S/C13H12N4OS/c1-9-4-5-10(3-2-6-14)11(7-9)15-13(18)12-8-19-17-16-12/h4-5,7-8H,6,14H2,1H3,(H,15,18). The SMILES string of the molecule is Cc1ccc(C#CCN)c(NC(=O)c2csnn2)c1. The maximum Gasteiger partial charge on any atom is 0.277 e. The average Bonchev–Trinajstić information content (AvgIpc) is 2.92. The van der Waals surface area contributed by atoms with Gasteiger partial charge in [0.15, 0.2) is 5.69 Å².